The van der Waals surface area contributed by atoms with Gasteiger partial charge >= 0.3 is 0 Å². The minimum atomic E-state index is -3.70. The summed E-state index contributed by atoms with van der Waals surface area (Å²) in [6, 6.07) is 13.9. The lowest BCUT2D eigenvalue weighted by atomic mass is 10.1. The number of rotatable bonds is 8. The SMILES string of the molecule is CCNC(=NCc1ccc(S(N)(=O)=O)cc1)NCCc1cccc(C(=O)N(C)C)c1.I. The Morgan fingerprint density at radius 3 is 2.32 bits per heavy atom. The lowest BCUT2D eigenvalue weighted by Gasteiger charge is -2.13. The molecule has 0 aromatic heterocycles. The molecule has 0 atom stereocenters. The van der Waals surface area contributed by atoms with Crippen molar-refractivity contribution in [2.45, 2.75) is 24.8 Å². The molecule has 4 N–H and O–H groups in total. The number of carbonyl (C=O) groups excluding carboxylic acids is 1. The van der Waals surface area contributed by atoms with Crippen molar-refractivity contribution < 1.29 is 13.2 Å². The summed E-state index contributed by atoms with van der Waals surface area (Å²) in [5.41, 5.74) is 2.60. The second kappa shape index (κ2) is 12.6. The molecule has 8 nitrogen and oxygen atoms in total. The van der Waals surface area contributed by atoms with Gasteiger partial charge in [-0.3, -0.25) is 4.79 Å². The lowest BCUT2D eigenvalue weighted by Crippen LogP contribution is -2.38. The van der Waals surface area contributed by atoms with Gasteiger partial charge in [0, 0.05) is 32.7 Å². The predicted octanol–water partition coefficient (Wildman–Crippen LogP) is 1.95. The van der Waals surface area contributed by atoms with Crippen LogP contribution in [-0.2, 0) is 23.0 Å². The molecular weight excluding hydrogens is 529 g/mol. The number of benzene rings is 2. The van der Waals surface area contributed by atoms with Crippen LogP contribution in [0.25, 0.3) is 0 Å². The smallest absolute Gasteiger partial charge is 0.253 e. The number of amides is 1. The predicted molar refractivity (Wildman–Crippen MR) is 134 cm³/mol. The molecule has 0 radical (unpaired) electrons. The highest BCUT2D eigenvalue weighted by atomic mass is 127. The zero-order valence-electron chi connectivity index (χ0n) is 18.0. The minimum absolute atomic E-state index is 0. The first kappa shape index (κ1) is 26.9. The quantitative estimate of drug-likeness (QED) is 0.260. The Hall–Kier alpha value is -2.18. The first-order valence-corrected chi connectivity index (χ1v) is 11.2. The zero-order chi connectivity index (χ0) is 22.1. The lowest BCUT2D eigenvalue weighted by molar-refractivity contribution is 0.0827. The van der Waals surface area contributed by atoms with E-state index in [1.807, 2.05) is 31.2 Å². The van der Waals surface area contributed by atoms with Crippen molar-refractivity contribution in [1.82, 2.24) is 15.5 Å². The molecule has 31 heavy (non-hydrogen) atoms. The number of sulfonamides is 1. The van der Waals surface area contributed by atoms with Crippen molar-refractivity contribution in [2.75, 3.05) is 27.2 Å². The number of primary sulfonamides is 1. The molecule has 0 aliphatic heterocycles. The monoisotopic (exact) mass is 559 g/mol. The molecule has 0 bridgehead atoms. The maximum Gasteiger partial charge on any atom is 0.253 e. The van der Waals surface area contributed by atoms with Gasteiger partial charge in [-0.25, -0.2) is 18.5 Å². The zero-order valence-corrected chi connectivity index (χ0v) is 21.1. The minimum Gasteiger partial charge on any atom is -0.357 e. The number of hydrogen-bond donors (Lipinski definition) is 3. The second-order valence-electron chi connectivity index (χ2n) is 6.96. The highest BCUT2D eigenvalue weighted by Gasteiger charge is 2.09. The Balaban J connectivity index is 0.00000480. The van der Waals surface area contributed by atoms with Gasteiger partial charge in [-0.1, -0.05) is 24.3 Å². The summed E-state index contributed by atoms with van der Waals surface area (Å²) in [4.78, 5) is 18.3. The molecule has 0 unspecified atom stereocenters. The number of nitrogens with one attached hydrogen (secondary N) is 2. The Kier molecular flexibility index (Phi) is 10.9. The number of carbonyl (C=O) groups is 1. The van der Waals surface area contributed by atoms with Crippen LogP contribution in [0, 0.1) is 0 Å². The van der Waals surface area contributed by atoms with Crippen LogP contribution in [0.2, 0.25) is 0 Å². The first-order valence-electron chi connectivity index (χ1n) is 9.65. The molecule has 10 heteroatoms. The molecule has 1 amide bonds. The maximum absolute atomic E-state index is 12.1. The molecule has 0 aliphatic rings. The molecule has 2 rings (SSSR count). The van der Waals surface area contributed by atoms with Crippen molar-refractivity contribution in [1.29, 1.82) is 0 Å². The van der Waals surface area contributed by atoms with E-state index in [0.717, 1.165) is 17.5 Å². The fourth-order valence-electron chi connectivity index (χ4n) is 2.74. The largest absolute Gasteiger partial charge is 0.357 e. The molecular formula is C21H30IN5O3S. The van der Waals surface area contributed by atoms with Crippen LogP contribution in [0.1, 0.15) is 28.4 Å². The molecule has 0 saturated carbocycles. The number of nitrogens with zero attached hydrogens (tertiary/aromatic N) is 2. The van der Waals surface area contributed by atoms with E-state index in [9.17, 15) is 13.2 Å². The molecule has 0 heterocycles. The third kappa shape index (κ3) is 8.83. The van der Waals surface area contributed by atoms with E-state index < -0.39 is 10.0 Å². The highest BCUT2D eigenvalue weighted by molar-refractivity contribution is 14.0. The third-order valence-corrected chi connectivity index (χ3v) is 5.23. The van der Waals surface area contributed by atoms with E-state index in [1.54, 1.807) is 31.1 Å². The van der Waals surface area contributed by atoms with Crippen LogP contribution in [0.4, 0.5) is 0 Å². The maximum atomic E-state index is 12.1. The second-order valence-corrected chi connectivity index (χ2v) is 8.52. The molecule has 0 aliphatic carbocycles. The van der Waals surface area contributed by atoms with Crippen molar-refractivity contribution in [3.63, 3.8) is 0 Å². The number of nitrogens with two attached hydrogens (primary N) is 1. The van der Waals surface area contributed by atoms with Gasteiger partial charge in [-0.2, -0.15) is 0 Å². The first-order chi connectivity index (χ1) is 14.2. The topological polar surface area (TPSA) is 117 Å². The fraction of sp³-hybridized carbons (Fsp3) is 0.333. The van der Waals surface area contributed by atoms with Gasteiger partial charge in [0.2, 0.25) is 10.0 Å². The van der Waals surface area contributed by atoms with Crippen LogP contribution in [0.15, 0.2) is 58.4 Å². The Morgan fingerprint density at radius 1 is 1.06 bits per heavy atom. The summed E-state index contributed by atoms with van der Waals surface area (Å²) >= 11 is 0. The average molecular weight is 559 g/mol. The van der Waals surface area contributed by atoms with Gasteiger partial charge < -0.3 is 15.5 Å². The van der Waals surface area contributed by atoms with Crippen molar-refractivity contribution in [3.05, 3.63) is 65.2 Å². The van der Waals surface area contributed by atoms with Crippen LogP contribution in [0.5, 0.6) is 0 Å². The Bertz CT molecular complexity index is 992. The number of aliphatic imine (C=N–C) groups is 1. The van der Waals surface area contributed by atoms with E-state index in [0.29, 0.717) is 31.2 Å². The van der Waals surface area contributed by atoms with Gasteiger partial charge in [0.05, 0.1) is 11.4 Å². The van der Waals surface area contributed by atoms with Crippen LogP contribution < -0.4 is 15.8 Å². The van der Waals surface area contributed by atoms with Gasteiger partial charge in [0.25, 0.3) is 5.91 Å². The van der Waals surface area contributed by atoms with Crippen LogP contribution in [-0.4, -0.2) is 52.4 Å². The molecule has 0 spiro atoms. The van der Waals surface area contributed by atoms with Crippen molar-refractivity contribution in [3.8, 4) is 0 Å². The molecule has 0 saturated heterocycles. The molecule has 2 aromatic rings. The normalized spacial score (nSPS) is 11.4. The number of halogens is 1. The van der Waals surface area contributed by atoms with Crippen LogP contribution >= 0.6 is 24.0 Å². The third-order valence-electron chi connectivity index (χ3n) is 4.30. The number of guanidine groups is 1. The summed E-state index contributed by atoms with van der Waals surface area (Å²) in [5, 5.41) is 11.6. The average Bonchev–Trinajstić information content (AvgIpc) is 2.71. The summed E-state index contributed by atoms with van der Waals surface area (Å²) in [6.07, 6.45) is 0.738. The van der Waals surface area contributed by atoms with E-state index in [2.05, 4.69) is 15.6 Å². The summed E-state index contributed by atoms with van der Waals surface area (Å²) in [7, 11) is -0.227. The van der Waals surface area contributed by atoms with Gasteiger partial charge in [0.1, 0.15) is 0 Å². The van der Waals surface area contributed by atoms with Crippen molar-refractivity contribution in [2.24, 2.45) is 10.1 Å². The van der Waals surface area contributed by atoms with Crippen LogP contribution in [0.3, 0.4) is 0 Å². The van der Waals surface area contributed by atoms with Gasteiger partial charge in [-0.05, 0) is 48.7 Å². The summed E-state index contributed by atoms with van der Waals surface area (Å²) < 4.78 is 22.7. The summed E-state index contributed by atoms with van der Waals surface area (Å²) in [6.45, 7) is 3.74. The van der Waals surface area contributed by atoms with E-state index in [4.69, 9.17) is 5.14 Å². The molecule has 2 aromatic carbocycles. The van der Waals surface area contributed by atoms with Gasteiger partial charge in [-0.15, -0.1) is 24.0 Å². The molecule has 0 fully saturated rings. The fourth-order valence-corrected chi connectivity index (χ4v) is 3.26. The Morgan fingerprint density at radius 2 is 1.74 bits per heavy atom. The Labute approximate surface area is 201 Å². The van der Waals surface area contributed by atoms with E-state index in [-0.39, 0.29) is 34.8 Å². The summed E-state index contributed by atoms with van der Waals surface area (Å²) in [5.74, 6) is 0.640. The number of hydrogen-bond acceptors (Lipinski definition) is 4. The standard InChI is InChI=1S/C21H29N5O3S.HI/c1-4-23-21(25-15-17-8-10-19(11-9-17)30(22,28)29)24-13-12-16-6-5-7-18(14-16)20(27)26(2)3;/h5-11,14H,4,12-13,15H2,1-3H3,(H2,22,28,29)(H2,23,24,25);1H. The molecule has 170 valence electrons. The van der Waals surface area contributed by atoms with Crippen molar-refractivity contribution >= 4 is 45.9 Å². The highest BCUT2D eigenvalue weighted by Crippen LogP contribution is 2.10. The van der Waals surface area contributed by atoms with E-state index in [1.165, 1.54) is 12.1 Å². The van der Waals surface area contributed by atoms with Gasteiger partial charge in [0.15, 0.2) is 5.96 Å². The van der Waals surface area contributed by atoms with E-state index >= 15 is 0 Å².